The Balaban J connectivity index is 1.92. The number of nitrogens with two attached hydrogens (primary N) is 2. The molecule has 0 amide bonds. The molecule has 0 saturated carbocycles. The number of ether oxygens (including phenoxy) is 1. The first-order valence-corrected chi connectivity index (χ1v) is 6.85. The Bertz CT molecular complexity index is 557. The van der Waals surface area contributed by atoms with E-state index < -0.39 is 5.66 Å². The van der Waals surface area contributed by atoms with Gasteiger partial charge in [-0.1, -0.05) is 0 Å². The molecule has 20 heavy (non-hydrogen) atoms. The Morgan fingerprint density at radius 3 is 3.05 bits per heavy atom. The summed E-state index contributed by atoms with van der Waals surface area (Å²) in [6.45, 7) is 2.78. The second kappa shape index (κ2) is 4.92. The molecule has 2 aliphatic rings. The van der Waals surface area contributed by atoms with Gasteiger partial charge < -0.3 is 15.8 Å². The Kier molecular flexibility index (Phi) is 3.23. The summed E-state index contributed by atoms with van der Waals surface area (Å²) in [5.41, 5.74) is 12.6. The Labute approximate surface area is 117 Å². The molecule has 0 aliphatic carbocycles. The van der Waals surface area contributed by atoms with E-state index in [0.29, 0.717) is 5.69 Å². The first-order valence-electron chi connectivity index (χ1n) is 6.85. The SMILES string of the molecule is Cc1cc(C2(N)C=CNC(N)=N2)nn1C1CCCCO1. The standard InChI is InChI=1S/C13H20N6O/c1-9-8-10(13(15)5-6-16-12(14)17-13)18-19(9)11-4-2-3-7-20-11/h5-6,8,11H,2-4,7,15H2,1H3,(H3,14,16,17). The molecule has 1 fully saturated rings. The van der Waals surface area contributed by atoms with E-state index in [1.54, 1.807) is 12.3 Å². The number of nitrogens with one attached hydrogen (secondary N) is 1. The van der Waals surface area contributed by atoms with Crippen LogP contribution >= 0.6 is 0 Å². The molecule has 0 bridgehead atoms. The summed E-state index contributed by atoms with van der Waals surface area (Å²) in [5, 5.41) is 7.39. The molecule has 1 saturated heterocycles. The number of nitrogens with zero attached hydrogens (tertiary/aromatic N) is 3. The molecule has 2 aliphatic heterocycles. The Morgan fingerprint density at radius 2 is 2.35 bits per heavy atom. The van der Waals surface area contributed by atoms with E-state index in [-0.39, 0.29) is 12.2 Å². The van der Waals surface area contributed by atoms with E-state index in [2.05, 4.69) is 15.4 Å². The van der Waals surface area contributed by atoms with Crippen LogP contribution in [-0.2, 0) is 10.4 Å². The monoisotopic (exact) mass is 276 g/mol. The van der Waals surface area contributed by atoms with Gasteiger partial charge in [-0.2, -0.15) is 5.10 Å². The molecule has 5 N–H and O–H groups in total. The summed E-state index contributed by atoms with van der Waals surface area (Å²) in [5.74, 6) is 0.288. The van der Waals surface area contributed by atoms with Crippen LogP contribution in [0.5, 0.6) is 0 Å². The fourth-order valence-corrected chi connectivity index (χ4v) is 2.56. The molecule has 3 rings (SSSR count). The van der Waals surface area contributed by atoms with Crippen LogP contribution in [0.3, 0.4) is 0 Å². The second-order valence-corrected chi connectivity index (χ2v) is 5.24. The van der Waals surface area contributed by atoms with Crippen LogP contribution < -0.4 is 16.8 Å². The highest BCUT2D eigenvalue weighted by atomic mass is 16.5. The maximum Gasteiger partial charge on any atom is 0.195 e. The molecule has 0 spiro atoms. The van der Waals surface area contributed by atoms with Crippen LogP contribution in [0.15, 0.2) is 23.3 Å². The topological polar surface area (TPSA) is 103 Å². The van der Waals surface area contributed by atoms with Gasteiger partial charge in [-0.25, -0.2) is 9.67 Å². The van der Waals surface area contributed by atoms with Crippen molar-refractivity contribution < 1.29 is 4.74 Å². The Hall–Kier alpha value is -1.86. The summed E-state index contributed by atoms with van der Waals surface area (Å²) >= 11 is 0. The highest BCUT2D eigenvalue weighted by Gasteiger charge is 2.31. The minimum absolute atomic E-state index is 0.00637. The van der Waals surface area contributed by atoms with Gasteiger partial charge in [0.2, 0.25) is 0 Å². The molecular formula is C13H20N6O. The van der Waals surface area contributed by atoms with Crippen molar-refractivity contribution in [2.24, 2.45) is 16.5 Å². The molecule has 108 valence electrons. The van der Waals surface area contributed by atoms with Crippen molar-refractivity contribution in [3.8, 4) is 0 Å². The van der Waals surface area contributed by atoms with Gasteiger partial charge in [0.25, 0.3) is 0 Å². The zero-order chi connectivity index (χ0) is 14.2. The maximum atomic E-state index is 6.27. The molecule has 2 atom stereocenters. The van der Waals surface area contributed by atoms with Crippen molar-refractivity contribution in [1.29, 1.82) is 0 Å². The fourth-order valence-electron chi connectivity index (χ4n) is 2.56. The van der Waals surface area contributed by atoms with Gasteiger partial charge in [-0.15, -0.1) is 0 Å². The molecule has 7 heteroatoms. The number of hydrogen-bond donors (Lipinski definition) is 3. The normalized spacial score (nSPS) is 29.9. The van der Waals surface area contributed by atoms with Gasteiger partial charge in [-0.3, -0.25) is 5.73 Å². The summed E-state index contributed by atoms with van der Waals surface area (Å²) in [6.07, 6.45) is 6.67. The van der Waals surface area contributed by atoms with E-state index in [1.807, 2.05) is 17.7 Å². The summed E-state index contributed by atoms with van der Waals surface area (Å²) in [6, 6.07) is 1.93. The molecular weight excluding hydrogens is 256 g/mol. The number of aliphatic imine (C=N–C) groups is 1. The van der Waals surface area contributed by atoms with E-state index in [9.17, 15) is 0 Å². The van der Waals surface area contributed by atoms with Crippen LogP contribution in [0.1, 0.15) is 36.9 Å². The van der Waals surface area contributed by atoms with Crippen molar-refractivity contribution in [2.45, 2.75) is 38.1 Å². The third-order valence-electron chi connectivity index (χ3n) is 3.64. The van der Waals surface area contributed by atoms with Crippen molar-refractivity contribution in [3.05, 3.63) is 29.7 Å². The molecule has 7 nitrogen and oxygen atoms in total. The van der Waals surface area contributed by atoms with E-state index in [1.165, 1.54) is 0 Å². The van der Waals surface area contributed by atoms with Crippen LogP contribution in [-0.4, -0.2) is 22.3 Å². The van der Waals surface area contributed by atoms with Crippen LogP contribution in [0, 0.1) is 6.92 Å². The number of hydrogen-bond acceptors (Lipinski definition) is 6. The van der Waals surface area contributed by atoms with E-state index >= 15 is 0 Å². The van der Waals surface area contributed by atoms with E-state index in [0.717, 1.165) is 31.6 Å². The number of guanidine groups is 1. The number of rotatable bonds is 2. The zero-order valence-corrected chi connectivity index (χ0v) is 11.5. The molecule has 0 radical (unpaired) electrons. The number of aryl methyl sites for hydroxylation is 1. The van der Waals surface area contributed by atoms with Gasteiger partial charge in [-0.05, 0) is 38.3 Å². The van der Waals surface area contributed by atoms with Crippen LogP contribution in [0.4, 0.5) is 0 Å². The van der Waals surface area contributed by atoms with Crippen LogP contribution in [0.25, 0.3) is 0 Å². The lowest BCUT2D eigenvalue weighted by Crippen LogP contribution is -2.42. The minimum atomic E-state index is -1.01. The average molecular weight is 276 g/mol. The Morgan fingerprint density at radius 1 is 1.50 bits per heavy atom. The lowest BCUT2D eigenvalue weighted by molar-refractivity contribution is -0.0409. The first kappa shape index (κ1) is 13.1. The van der Waals surface area contributed by atoms with Crippen LogP contribution in [0.2, 0.25) is 0 Å². The lowest BCUT2D eigenvalue weighted by Gasteiger charge is -2.25. The largest absolute Gasteiger partial charge is 0.370 e. The smallest absolute Gasteiger partial charge is 0.195 e. The first-order chi connectivity index (χ1) is 9.58. The lowest BCUT2D eigenvalue weighted by atomic mass is 10.1. The van der Waals surface area contributed by atoms with Crippen molar-refractivity contribution in [2.75, 3.05) is 6.61 Å². The fraction of sp³-hybridized carbons (Fsp3) is 0.538. The second-order valence-electron chi connectivity index (χ2n) is 5.24. The highest BCUT2D eigenvalue weighted by Crippen LogP contribution is 2.27. The molecule has 3 heterocycles. The summed E-state index contributed by atoms with van der Waals surface area (Å²) in [4.78, 5) is 4.24. The zero-order valence-electron chi connectivity index (χ0n) is 11.5. The molecule has 2 unspecified atom stereocenters. The third kappa shape index (κ3) is 2.30. The molecule has 1 aromatic rings. The quantitative estimate of drug-likeness (QED) is 0.727. The molecule has 0 aromatic carbocycles. The van der Waals surface area contributed by atoms with Gasteiger partial charge in [0, 0.05) is 18.5 Å². The third-order valence-corrected chi connectivity index (χ3v) is 3.64. The predicted molar refractivity (Wildman–Crippen MR) is 75.6 cm³/mol. The number of aromatic nitrogens is 2. The summed E-state index contributed by atoms with van der Waals surface area (Å²) < 4.78 is 7.66. The van der Waals surface area contributed by atoms with Gasteiger partial charge in [0.15, 0.2) is 11.6 Å². The maximum absolute atomic E-state index is 6.27. The average Bonchev–Trinajstić information content (AvgIpc) is 2.82. The van der Waals surface area contributed by atoms with Crippen molar-refractivity contribution in [3.63, 3.8) is 0 Å². The summed E-state index contributed by atoms with van der Waals surface area (Å²) in [7, 11) is 0. The van der Waals surface area contributed by atoms with Gasteiger partial charge in [0.1, 0.15) is 11.9 Å². The van der Waals surface area contributed by atoms with Gasteiger partial charge >= 0.3 is 0 Å². The minimum Gasteiger partial charge on any atom is -0.370 e. The van der Waals surface area contributed by atoms with Crippen molar-refractivity contribution in [1.82, 2.24) is 15.1 Å². The van der Waals surface area contributed by atoms with Gasteiger partial charge in [0.05, 0.1) is 0 Å². The molecule has 1 aromatic heterocycles. The predicted octanol–water partition coefficient (Wildman–Crippen LogP) is 0.434. The highest BCUT2D eigenvalue weighted by molar-refractivity contribution is 5.80. The van der Waals surface area contributed by atoms with Crippen molar-refractivity contribution >= 4 is 5.96 Å². The van der Waals surface area contributed by atoms with E-state index in [4.69, 9.17) is 16.2 Å².